The Morgan fingerprint density at radius 3 is 2.30 bits per heavy atom. The molecule has 4 atom stereocenters. The zero-order chi connectivity index (χ0) is 21.8. The molecule has 2 aromatic rings. The maximum Gasteiger partial charge on any atom is 0.129 e. The van der Waals surface area contributed by atoms with E-state index in [2.05, 4.69) is 34.6 Å². The van der Waals surface area contributed by atoms with Crippen molar-refractivity contribution in [3.8, 4) is 0 Å². The Hall–Kier alpha value is -1.78. The van der Waals surface area contributed by atoms with Crippen molar-refractivity contribution in [2.75, 3.05) is 0 Å². The molecule has 0 saturated carbocycles. The predicted octanol–water partition coefficient (Wildman–Crippen LogP) is 7.76. The molecule has 0 saturated heterocycles. The fourth-order valence-corrected chi connectivity index (χ4v) is 5.01. The molecule has 0 amide bonds. The van der Waals surface area contributed by atoms with E-state index in [1.165, 1.54) is 12.1 Å². The zero-order valence-corrected chi connectivity index (χ0v) is 18.8. The number of benzene rings is 2. The summed E-state index contributed by atoms with van der Waals surface area (Å²) in [7, 11) is 0. The van der Waals surface area contributed by atoms with Gasteiger partial charge in [-0.15, -0.1) is 0 Å². The zero-order valence-electron chi connectivity index (χ0n) is 18.8. The summed E-state index contributed by atoms with van der Waals surface area (Å²) in [6.45, 7) is 12.6. The normalized spacial score (nSPS) is 26.0. The molecule has 2 aliphatic heterocycles. The minimum absolute atomic E-state index is 0.0944. The van der Waals surface area contributed by atoms with Gasteiger partial charge in [0.05, 0.1) is 24.4 Å². The molecule has 30 heavy (non-hydrogen) atoms. The van der Waals surface area contributed by atoms with Gasteiger partial charge in [0.2, 0.25) is 0 Å². The third-order valence-corrected chi connectivity index (χ3v) is 6.65. The van der Waals surface area contributed by atoms with E-state index >= 15 is 0 Å². The Morgan fingerprint density at radius 1 is 0.867 bits per heavy atom. The average Bonchev–Trinajstić information content (AvgIpc) is 3.19. The van der Waals surface area contributed by atoms with E-state index in [4.69, 9.17) is 9.47 Å². The maximum absolute atomic E-state index is 14.7. The molecule has 0 N–H and O–H groups in total. The molecule has 4 rings (SSSR count). The summed E-state index contributed by atoms with van der Waals surface area (Å²) in [6.07, 6.45) is 0.931. The molecule has 0 aromatic heterocycles. The van der Waals surface area contributed by atoms with Crippen LogP contribution in [0.5, 0.6) is 0 Å². The van der Waals surface area contributed by atoms with E-state index in [1.54, 1.807) is 12.1 Å². The molecular formula is C26H32F2O2. The van der Waals surface area contributed by atoms with Crippen LogP contribution < -0.4 is 0 Å². The van der Waals surface area contributed by atoms with Crippen LogP contribution in [-0.4, -0.2) is 0 Å². The minimum atomic E-state index is -0.295. The Morgan fingerprint density at radius 2 is 1.60 bits per heavy atom. The van der Waals surface area contributed by atoms with Crippen molar-refractivity contribution >= 4 is 0 Å². The average molecular weight is 415 g/mol. The van der Waals surface area contributed by atoms with Crippen LogP contribution in [0.15, 0.2) is 36.4 Å². The first-order valence-electron chi connectivity index (χ1n) is 10.9. The van der Waals surface area contributed by atoms with Gasteiger partial charge >= 0.3 is 0 Å². The van der Waals surface area contributed by atoms with Crippen LogP contribution in [0.4, 0.5) is 8.78 Å². The van der Waals surface area contributed by atoms with E-state index < -0.39 is 0 Å². The lowest BCUT2D eigenvalue weighted by Crippen LogP contribution is -2.24. The molecule has 0 bridgehead atoms. The van der Waals surface area contributed by atoms with Crippen molar-refractivity contribution in [1.29, 1.82) is 0 Å². The highest BCUT2D eigenvalue weighted by molar-refractivity contribution is 5.38. The lowest BCUT2D eigenvalue weighted by atomic mass is 9.77. The molecule has 0 spiro atoms. The Kier molecular flexibility index (Phi) is 5.31. The first-order valence-corrected chi connectivity index (χ1v) is 10.9. The van der Waals surface area contributed by atoms with E-state index in [-0.39, 0.29) is 46.9 Å². The fraction of sp³-hybridized carbons (Fsp3) is 0.538. The van der Waals surface area contributed by atoms with Crippen LogP contribution in [0, 0.1) is 22.5 Å². The van der Waals surface area contributed by atoms with Gasteiger partial charge in [-0.05, 0) is 65.5 Å². The minimum Gasteiger partial charge on any atom is -0.365 e. The molecule has 0 fully saturated rings. The van der Waals surface area contributed by atoms with Crippen LogP contribution in [0.1, 0.15) is 101 Å². The summed E-state index contributed by atoms with van der Waals surface area (Å²) in [5, 5.41) is 0. The second-order valence-electron chi connectivity index (χ2n) is 10.6. The summed E-state index contributed by atoms with van der Waals surface area (Å²) < 4.78 is 41.3. The molecule has 4 heteroatoms. The highest BCUT2D eigenvalue weighted by atomic mass is 19.1. The molecule has 2 aliphatic rings. The summed E-state index contributed by atoms with van der Waals surface area (Å²) in [5.41, 5.74) is 3.26. The monoisotopic (exact) mass is 414 g/mol. The smallest absolute Gasteiger partial charge is 0.129 e. The van der Waals surface area contributed by atoms with Gasteiger partial charge in [0.15, 0.2) is 0 Å². The van der Waals surface area contributed by atoms with Gasteiger partial charge in [-0.3, -0.25) is 0 Å². The van der Waals surface area contributed by atoms with E-state index in [0.717, 1.165) is 29.5 Å². The highest BCUT2D eigenvalue weighted by Crippen LogP contribution is 2.54. The van der Waals surface area contributed by atoms with E-state index in [9.17, 15) is 8.78 Å². The summed E-state index contributed by atoms with van der Waals surface area (Å²) in [4.78, 5) is 0. The number of ether oxygens (including phenoxy) is 2. The first-order chi connectivity index (χ1) is 14.0. The fourth-order valence-electron chi connectivity index (χ4n) is 5.01. The van der Waals surface area contributed by atoms with Crippen LogP contribution in [-0.2, 0) is 9.47 Å². The molecular weight excluding hydrogens is 382 g/mol. The SMILES string of the molecule is CC1OC(C(C)(C)CCC2OC(C(C)(C)C)c3cc(F)ccc32)c2c(F)cccc21. The molecule has 2 aromatic carbocycles. The third kappa shape index (κ3) is 3.69. The van der Waals surface area contributed by atoms with Crippen molar-refractivity contribution in [3.63, 3.8) is 0 Å². The lowest BCUT2D eigenvalue weighted by Gasteiger charge is -2.33. The second kappa shape index (κ2) is 7.42. The number of rotatable bonds is 4. The van der Waals surface area contributed by atoms with Crippen molar-refractivity contribution in [2.24, 2.45) is 10.8 Å². The van der Waals surface area contributed by atoms with Crippen LogP contribution in [0.3, 0.4) is 0 Å². The number of halogens is 2. The molecule has 4 unspecified atom stereocenters. The topological polar surface area (TPSA) is 18.5 Å². The number of hydrogen-bond acceptors (Lipinski definition) is 2. The Balaban J connectivity index is 1.56. The highest BCUT2D eigenvalue weighted by Gasteiger charge is 2.43. The molecule has 0 aliphatic carbocycles. The Labute approximate surface area is 178 Å². The quantitative estimate of drug-likeness (QED) is 0.509. The Bertz CT molecular complexity index is 945. The van der Waals surface area contributed by atoms with E-state index in [1.807, 2.05) is 19.1 Å². The third-order valence-electron chi connectivity index (χ3n) is 6.65. The second-order valence-corrected chi connectivity index (χ2v) is 10.6. The van der Waals surface area contributed by atoms with Gasteiger partial charge in [0.25, 0.3) is 0 Å². The van der Waals surface area contributed by atoms with Crippen molar-refractivity contribution in [1.82, 2.24) is 0 Å². The van der Waals surface area contributed by atoms with Crippen molar-refractivity contribution in [3.05, 3.63) is 70.3 Å². The van der Waals surface area contributed by atoms with Gasteiger partial charge in [-0.25, -0.2) is 8.78 Å². The van der Waals surface area contributed by atoms with Crippen LogP contribution in [0.25, 0.3) is 0 Å². The van der Waals surface area contributed by atoms with Crippen molar-refractivity contribution in [2.45, 2.75) is 78.8 Å². The maximum atomic E-state index is 14.7. The summed E-state index contributed by atoms with van der Waals surface area (Å²) >= 11 is 0. The van der Waals surface area contributed by atoms with E-state index in [0.29, 0.717) is 5.56 Å². The summed E-state index contributed by atoms with van der Waals surface area (Å²) in [6, 6.07) is 10.2. The molecule has 0 radical (unpaired) electrons. The molecule has 2 heterocycles. The first kappa shape index (κ1) is 21.5. The van der Waals surface area contributed by atoms with Gasteiger partial charge < -0.3 is 9.47 Å². The van der Waals surface area contributed by atoms with Gasteiger partial charge in [-0.1, -0.05) is 52.8 Å². The standard InChI is InChI=1S/C26H32F2O2/c1-15-17-8-7-9-20(28)22(17)24(29-15)26(5,6)13-12-21-18-11-10-16(27)14-19(18)23(30-21)25(2,3)4/h7-11,14-15,21,23-24H,12-13H2,1-6H3. The summed E-state index contributed by atoms with van der Waals surface area (Å²) in [5.74, 6) is -0.423. The van der Waals surface area contributed by atoms with Crippen LogP contribution >= 0.6 is 0 Å². The van der Waals surface area contributed by atoms with Gasteiger partial charge in [0, 0.05) is 5.56 Å². The number of hydrogen-bond donors (Lipinski definition) is 0. The predicted molar refractivity (Wildman–Crippen MR) is 114 cm³/mol. The van der Waals surface area contributed by atoms with Gasteiger partial charge in [-0.2, -0.15) is 0 Å². The molecule has 2 nitrogen and oxygen atoms in total. The number of fused-ring (bicyclic) bond motifs is 2. The largest absolute Gasteiger partial charge is 0.365 e. The van der Waals surface area contributed by atoms with Gasteiger partial charge in [0.1, 0.15) is 11.6 Å². The lowest BCUT2D eigenvalue weighted by molar-refractivity contribution is -0.0735. The van der Waals surface area contributed by atoms with Crippen molar-refractivity contribution < 1.29 is 18.3 Å². The molecule has 162 valence electrons. The van der Waals surface area contributed by atoms with Crippen LogP contribution in [0.2, 0.25) is 0 Å².